The molecule has 3 heteroatoms. The quantitative estimate of drug-likeness (QED) is 0.851. The molecule has 1 atom stereocenters. The van der Waals surface area contributed by atoms with Crippen molar-refractivity contribution in [3.63, 3.8) is 0 Å². The first-order chi connectivity index (χ1) is 8.06. The van der Waals surface area contributed by atoms with Gasteiger partial charge in [0.1, 0.15) is 0 Å². The average Bonchev–Trinajstić information content (AvgIpc) is 3.09. The molecule has 1 unspecified atom stereocenters. The zero-order chi connectivity index (χ0) is 12.5. The van der Waals surface area contributed by atoms with E-state index in [4.69, 9.17) is 9.84 Å². The van der Waals surface area contributed by atoms with Gasteiger partial charge < -0.3 is 9.84 Å². The van der Waals surface area contributed by atoms with Crippen molar-refractivity contribution in [1.29, 1.82) is 0 Å². The van der Waals surface area contributed by atoms with Crippen molar-refractivity contribution in [3.8, 4) is 0 Å². The van der Waals surface area contributed by atoms with Crippen LogP contribution in [-0.4, -0.2) is 23.8 Å². The van der Waals surface area contributed by atoms with E-state index in [9.17, 15) is 4.79 Å². The van der Waals surface area contributed by atoms with Crippen molar-refractivity contribution in [1.82, 2.24) is 0 Å². The van der Waals surface area contributed by atoms with Gasteiger partial charge in [-0.05, 0) is 30.9 Å². The summed E-state index contributed by atoms with van der Waals surface area (Å²) >= 11 is 0. The van der Waals surface area contributed by atoms with Crippen LogP contribution in [-0.2, 0) is 16.0 Å². The molecule has 0 spiro atoms. The van der Waals surface area contributed by atoms with Gasteiger partial charge in [-0.1, -0.05) is 24.3 Å². The maximum atomic E-state index is 10.8. The third-order valence-electron chi connectivity index (χ3n) is 3.62. The van der Waals surface area contributed by atoms with Gasteiger partial charge in [0.2, 0.25) is 0 Å². The standard InChI is InChI=1S/C14H18O3/c1-10(13(15)16)12-5-3-11(4-6-12)9-14(17-2)7-8-14/h3-6,10H,7-9H2,1-2H3,(H,15,16). The second kappa shape index (κ2) is 4.49. The molecule has 2 rings (SSSR count). The number of carboxylic acid groups (broad SMARTS) is 1. The highest BCUT2D eigenvalue weighted by atomic mass is 16.5. The SMILES string of the molecule is COC1(Cc2ccc(C(C)C(=O)O)cc2)CC1. The molecule has 17 heavy (non-hydrogen) atoms. The molecule has 1 aromatic rings. The van der Waals surface area contributed by atoms with Crippen molar-refractivity contribution < 1.29 is 14.6 Å². The minimum Gasteiger partial charge on any atom is -0.481 e. The first-order valence-corrected chi connectivity index (χ1v) is 5.93. The molecule has 0 heterocycles. The Kier molecular flexibility index (Phi) is 3.20. The summed E-state index contributed by atoms with van der Waals surface area (Å²) in [6.45, 7) is 1.70. The summed E-state index contributed by atoms with van der Waals surface area (Å²) in [6, 6.07) is 7.82. The summed E-state index contributed by atoms with van der Waals surface area (Å²) in [4.78, 5) is 10.8. The number of benzene rings is 1. The monoisotopic (exact) mass is 234 g/mol. The fourth-order valence-corrected chi connectivity index (χ4v) is 2.03. The maximum absolute atomic E-state index is 10.8. The smallest absolute Gasteiger partial charge is 0.310 e. The minimum absolute atomic E-state index is 0.0555. The molecular formula is C14H18O3. The number of aliphatic carboxylic acids is 1. The number of carbonyl (C=O) groups is 1. The Labute approximate surface area is 101 Å². The molecule has 0 bridgehead atoms. The van der Waals surface area contributed by atoms with E-state index < -0.39 is 11.9 Å². The number of methoxy groups -OCH3 is 1. The Bertz CT molecular complexity index is 404. The van der Waals surface area contributed by atoms with Crippen LogP contribution < -0.4 is 0 Å². The lowest BCUT2D eigenvalue weighted by Crippen LogP contribution is -2.15. The van der Waals surface area contributed by atoms with Crippen LogP contribution in [0.5, 0.6) is 0 Å². The van der Waals surface area contributed by atoms with Crippen molar-refractivity contribution in [2.75, 3.05) is 7.11 Å². The Morgan fingerprint density at radius 1 is 1.41 bits per heavy atom. The van der Waals surface area contributed by atoms with Crippen molar-refractivity contribution >= 4 is 5.97 Å². The molecule has 1 fully saturated rings. The summed E-state index contributed by atoms with van der Waals surface area (Å²) in [5.74, 6) is -1.23. The third-order valence-corrected chi connectivity index (χ3v) is 3.62. The minimum atomic E-state index is -0.784. The number of hydrogen-bond donors (Lipinski definition) is 1. The molecule has 1 saturated carbocycles. The number of carboxylic acids is 1. The maximum Gasteiger partial charge on any atom is 0.310 e. The van der Waals surface area contributed by atoms with Crippen LogP contribution in [0.15, 0.2) is 24.3 Å². The molecule has 1 aromatic carbocycles. The van der Waals surface area contributed by atoms with Crippen LogP contribution in [0.3, 0.4) is 0 Å². The Morgan fingerprint density at radius 2 is 2.00 bits per heavy atom. The van der Waals surface area contributed by atoms with Gasteiger partial charge in [0.25, 0.3) is 0 Å². The molecule has 92 valence electrons. The Balaban J connectivity index is 2.05. The fourth-order valence-electron chi connectivity index (χ4n) is 2.03. The predicted octanol–water partition coefficient (Wildman–Crippen LogP) is 2.60. The van der Waals surface area contributed by atoms with Crippen molar-refractivity contribution in [2.24, 2.45) is 0 Å². The third kappa shape index (κ3) is 2.67. The van der Waals surface area contributed by atoms with Gasteiger partial charge in [-0.25, -0.2) is 0 Å². The predicted molar refractivity (Wildman–Crippen MR) is 65.2 cm³/mol. The molecule has 1 aliphatic carbocycles. The zero-order valence-electron chi connectivity index (χ0n) is 10.3. The molecule has 0 aromatic heterocycles. The van der Waals surface area contributed by atoms with E-state index >= 15 is 0 Å². The van der Waals surface area contributed by atoms with E-state index in [0.717, 1.165) is 24.8 Å². The first-order valence-electron chi connectivity index (χ1n) is 5.93. The number of ether oxygens (including phenoxy) is 1. The molecule has 3 nitrogen and oxygen atoms in total. The van der Waals surface area contributed by atoms with E-state index in [1.165, 1.54) is 5.56 Å². The Morgan fingerprint density at radius 3 is 2.41 bits per heavy atom. The van der Waals surface area contributed by atoms with Crippen LogP contribution in [0.25, 0.3) is 0 Å². The molecule has 0 radical (unpaired) electrons. The molecule has 1 N–H and O–H groups in total. The van der Waals surface area contributed by atoms with Crippen LogP contribution in [0.1, 0.15) is 36.8 Å². The normalized spacial score (nSPS) is 18.7. The van der Waals surface area contributed by atoms with E-state index in [2.05, 4.69) is 0 Å². The zero-order valence-corrected chi connectivity index (χ0v) is 10.3. The average molecular weight is 234 g/mol. The lowest BCUT2D eigenvalue weighted by molar-refractivity contribution is -0.138. The fraction of sp³-hybridized carbons (Fsp3) is 0.500. The van der Waals surface area contributed by atoms with Gasteiger partial charge in [-0.15, -0.1) is 0 Å². The first kappa shape index (κ1) is 12.1. The van der Waals surface area contributed by atoms with E-state index in [-0.39, 0.29) is 5.60 Å². The number of rotatable bonds is 5. The van der Waals surface area contributed by atoms with Gasteiger partial charge in [0, 0.05) is 13.5 Å². The summed E-state index contributed by atoms with van der Waals surface area (Å²) < 4.78 is 5.47. The molecular weight excluding hydrogens is 216 g/mol. The van der Waals surface area contributed by atoms with E-state index in [1.807, 2.05) is 24.3 Å². The van der Waals surface area contributed by atoms with Crippen LogP contribution in [0.4, 0.5) is 0 Å². The van der Waals surface area contributed by atoms with Gasteiger partial charge >= 0.3 is 5.97 Å². The van der Waals surface area contributed by atoms with E-state index in [0.29, 0.717) is 0 Å². The summed E-state index contributed by atoms with van der Waals surface area (Å²) in [5, 5.41) is 8.92. The lowest BCUT2D eigenvalue weighted by Gasteiger charge is -2.14. The summed E-state index contributed by atoms with van der Waals surface area (Å²) in [7, 11) is 1.76. The largest absolute Gasteiger partial charge is 0.481 e. The van der Waals surface area contributed by atoms with Gasteiger partial charge in [-0.3, -0.25) is 4.79 Å². The molecule has 0 saturated heterocycles. The second-order valence-electron chi connectivity index (χ2n) is 4.87. The Hall–Kier alpha value is -1.35. The van der Waals surface area contributed by atoms with Crippen LogP contribution >= 0.6 is 0 Å². The van der Waals surface area contributed by atoms with Gasteiger partial charge in [-0.2, -0.15) is 0 Å². The lowest BCUT2D eigenvalue weighted by atomic mass is 9.98. The second-order valence-corrected chi connectivity index (χ2v) is 4.87. The highest BCUT2D eigenvalue weighted by Gasteiger charge is 2.42. The number of hydrogen-bond acceptors (Lipinski definition) is 2. The molecule has 0 amide bonds. The van der Waals surface area contributed by atoms with Crippen LogP contribution in [0, 0.1) is 0 Å². The topological polar surface area (TPSA) is 46.5 Å². The van der Waals surface area contributed by atoms with Gasteiger partial charge in [0.05, 0.1) is 11.5 Å². The van der Waals surface area contributed by atoms with Crippen molar-refractivity contribution in [2.45, 2.75) is 37.7 Å². The van der Waals surface area contributed by atoms with Crippen molar-refractivity contribution in [3.05, 3.63) is 35.4 Å². The summed E-state index contributed by atoms with van der Waals surface area (Å²) in [6.07, 6.45) is 3.17. The van der Waals surface area contributed by atoms with Crippen LogP contribution in [0.2, 0.25) is 0 Å². The van der Waals surface area contributed by atoms with E-state index in [1.54, 1.807) is 14.0 Å². The summed E-state index contributed by atoms with van der Waals surface area (Å²) in [5.41, 5.74) is 2.12. The highest BCUT2D eigenvalue weighted by Crippen LogP contribution is 2.41. The molecule has 0 aliphatic heterocycles. The highest BCUT2D eigenvalue weighted by molar-refractivity contribution is 5.75. The molecule has 1 aliphatic rings. The van der Waals surface area contributed by atoms with Gasteiger partial charge in [0.15, 0.2) is 0 Å².